The number of imidazole rings is 2. The number of hydrogen-bond acceptors (Lipinski definition) is 12. The molecule has 16 nitrogen and oxygen atoms in total. The van der Waals surface area contributed by atoms with Crippen LogP contribution in [-0.4, -0.2) is 94.3 Å². The molecule has 18 heteroatoms. The van der Waals surface area contributed by atoms with Gasteiger partial charge in [0.1, 0.15) is 33.5 Å². The first kappa shape index (κ1) is 48.1. The number of piperidine rings is 1. The van der Waals surface area contributed by atoms with E-state index in [-0.39, 0.29) is 17.1 Å². The number of likely N-dealkylation sites (tertiary alicyclic amines) is 1. The van der Waals surface area contributed by atoms with Crippen LogP contribution < -0.4 is 5.32 Å². The van der Waals surface area contributed by atoms with Gasteiger partial charge >= 0.3 is 0 Å². The summed E-state index contributed by atoms with van der Waals surface area (Å²) in [5, 5.41) is 19.1. The molecule has 0 spiro atoms. The SMILES string of the molecule is CC.CC(C)Nc1cncc(-c2cc(F)c3n[nH]c(-c4nc5c(-c6cccnc6)nccc5[nH]4)c3c2)c1.Fc1cc(-c2cncc(CN3CCCCC3)c2)cc2c(-c3nc4c(-c5cccnc5)nccc4[nH]3)[nH]nc12. The van der Waals surface area contributed by atoms with Gasteiger partial charge < -0.3 is 15.3 Å². The van der Waals surface area contributed by atoms with E-state index in [1.165, 1.54) is 31.4 Å². The van der Waals surface area contributed by atoms with Crippen molar-refractivity contribution in [3.8, 4) is 67.8 Å². The summed E-state index contributed by atoms with van der Waals surface area (Å²) >= 11 is 0. The van der Waals surface area contributed by atoms with Crippen molar-refractivity contribution in [2.75, 3.05) is 18.4 Å². The fourth-order valence-corrected chi connectivity index (χ4v) is 9.50. The van der Waals surface area contributed by atoms with E-state index in [9.17, 15) is 0 Å². The number of nitrogens with one attached hydrogen (secondary N) is 5. The predicted molar refractivity (Wildman–Crippen MR) is 290 cm³/mol. The number of pyridine rings is 6. The van der Waals surface area contributed by atoms with Gasteiger partial charge in [0, 0.05) is 108 Å². The highest BCUT2D eigenvalue weighted by atomic mass is 19.1. The molecule has 1 fully saturated rings. The first-order valence-corrected chi connectivity index (χ1v) is 25.0. The van der Waals surface area contributed by atoms with Crippen LogP contribution in [0.15, 0.2) is 135 Å². The summed E-state index contributed by atoms with van der Waals surface area (Å²) in [5.74, 6) is 0.297. The molecule has 1 aliphatic heterocycles. The van der Waals surface area contributed by atoms with Crippen LogP contribution in [0.3, 0.4) is 0 Å². The molecule has 5 N–H and O–H groups in total. The number of nitrogens with zero attached hydrogens (tertiary/aromatic N) is 11. The summed E-state index contributed by atoms with van der Waals surface area (Å²) in [4.78, 5) is 45.0. The fourth-order valence-electron chi connectivity index (χ4n) is 9.50. The monoisotopic (exact) mass is 998 g/mol. The van der Waals surface area contributed by atoms with Crippen LogP contribution in [0.5, 0.6) is 0 Å². The van der Waals surface area contributed by atoms with Crippen molar-refractivity contribution in [3.63, 3.8) is 0 Å². The summed E-state index contributed by atoms with van der Waals surface area (Å²) in [6.45, 7) is 11.2. The molecule has 13 rings (SSSR count). The normalized spacial score (nSPS) is 12.8. The lowest BCUT2D eigenvalue weighted by Gasteiger charge is -2.26. The van der Waals surface area contributed by atoms with Gasteiger partial charge in [0.05, 0.1) is 28.1 Å². The summed E-state index contributed by atoms with van der Waals surface area (Å²) in [7, 11) is 0. The quantitative estimate of drug-likeness (QED) is 0.0867. The zero-order valence-electron chi connectivity index (χ0n) is 41.7. The lowest BCUT2D eigenvalue weighted by atomic mass is 10.0. The Morgan fingerprint density at radius 3 is 1.59 bits per heavy atom. The molecule has 0 saturated carbocycles. The minimum absolute atomic E-state index is 0.249. The van der Waals surface area contributed by atoms with Gasteiger partial charge in [-0.3, -0.25) is 45.0 Å². The number of aromatic nitrogens is 14. The molecule has 11 heterocycles. The van der Waals surface area contributed by atoms with Gasteiger partial charge in [0.25, 0.3) is 0 Å². The molecule has 75 heavy (non-hydrogen) atoms. The molecule has 12 aromatic rings. The summed E-state index contributed by atoms with van der Waals surface area (Å²) in [6, 6.07) is 22.5. The Kier molecular flexibility index (Phi) is 13.6. The summed E-state index contributed by atoms with van der Waals surface area (Å²) in [5.41, 5.74) is 13.1. The fraction of sp³-hybridized carbons (Fsp3) is 0.193. The maximum Gasteiger partial charge on any atom is 0.157 e. The molecular weight excluding hydrogens is 947 g/mol. The summed E-state index contributed by atoms with van der Waals surface area (Å²) < 4.78 is 30.4. The Bertz CT molecular complexity index is 3930. The number of H-pyrrole nitrogens is 4. The highest BCUT2D eigenvalue weighted by molar-refractivity contribution is 5.99. The topological polar surface area (TPSA) is 207 Å². The van der Waals surface area contributed by atoms with E-state index in [0.29, 0.717) is 56.1 Å². The van der Waals surface area contributed by atoms with Crippen molar-refractivity contribution in [2.24, 2.45) is 0 Å². The first-order valence-electron chi connectivity index (χ1n) is 25.0. The zero-order chi connectivity index (χ0) is 51.4. The van der Waals surface area contributed by atoms with E-state index < -0.39 is 11.6 Å². The average Bonchev–Trinajstić information content (AvgIpc) is 4.28. The van der Waals surface area contributed by atoms with E-state index in [1.54, 1.807) is 55.8 Å². The van der Waals surface area contributed by atoms with Gasteiger partial charge in [-0.1, -0.05) is 20.3 Å². The van der Waals surface area contributed by atoms with E-state index in [0.717, 1.165) is 75.4 Å². The lowest BCUT2D eigenvalue weighted by molar-refractivity contribution is 0.220. The third kappa shape index (κ3) is 9.90. The lowest BCUT2D eigenvalue weighted by Crippen LogP contribution is -2.29. The Morgan fingerprint density at radius 2 is 1.07 bits per heavy atom. The number of benzene rings is 2. The number of halogens is 2. The van der Waals surface area contributed by atoms with Gasteiger partial charge in [0.15, 0.2) is 23.3 Å². The van der Waals surface area contributed by atoms with Crippen LogP contribution >= 0.6 is 0 Å². The van der Waals surface area contributed by atoms with E-state index in [1.807, 2.05) is 74.6 Å². The molecule has 0 unspecified atom stereocenters. The minimum Gasteiger partial charge on any atom is -0.382 e. The zero-order valence-corrected chi connectivity index (χ0v) is 41.7. The number of fused-ring (bicyclic) bond motifs is 4. The Labute approximate surface area is 429 Å². The van der Waals surface area contributed by atoms with Gasteiger partial charge in [0.2, 0.25) is 0 Å². The molecule has 1 saturated heterocycles. The van der Waals surface area contributed by atoms with Crippen LogP contribution in [0.2, 0.25) is 0 Å². The average molecular weight is 999 g/mol. The molecule has 0 radical (unpaired) electrons. The maximum absolute atomic E-state index is 15.3. The summed E-state index contributed by atoms with van der Waals surface area (Å²) in [6.07, 6.45) is 21.3. The second-order valence-corrected chi connectivity index (χ2v) is 18.4. The second kappa shape index (κ2) is 21.1. The third-order valence-electron chi connectivity index (χ3n) is 12.9. The molecule has 0 atom stereocenters. The third-order valence-corrected chi connectivity index (χ3v) is 12.9. The smallest absolute Gasteiger partial charge is 0.157 e. The predicted octanol–water partition coefficient (Wildman–Crippen LogP) is 12.4. The minimum atomic E-state index is -0.420. The molecule has 0 bridgehead atoms. The van der Waals surface area contributed by atoms with Crippen LogP contribution in [0.25, 0.3) is 112 Å². The van der Waals surface area contributed by atoms with Crippen molar-refractivity contribution >= 4 is 49.6 Å². The molecule has 0 amide bonds. The van der Waals surface area contributed by atoms with Crippen molar-refractivity contribution in [3.05, 3.63) is 152 Å². The van der Waals surface area contributed by atoms with Gasteiger partial charge in [-0.05, 0) is 129 Å². The van der Waals surface area contributed by atoms with Crippen LogP contribution in [0, 0.1) is 11.6 Å². The second-order valence-electron chi connectivity index (χ2n) is 18.4. The molecule has 2 aromatic carbocycles. The number of anilines is 1. The van der Waals surface area contributed by atoms with Gasteiger partial charge in [-0.25, -0.2) is 18.7 Å². The van der Waals surface area contributed by atoms with Crippen LogP contribution in [0.4, 0.5) is 14.5 Å². The number of aromatic amines is 4. The standard InChI is InChI=1S/C29H25FN8.C26H21FN8.C2H6/c30-23-13-20(21-11-18(14-32-16-21)17-38-9-2-1-3-10-38)12-22-26(23)36-37-27(22)29-34-24-6-8-33-25(28(24)35-29)19-5-4-7-31-15-19;1-14(2)31-18-8-17(12-29-13-18)16-9-19-23(20(27)10-16)34-35-24(19)26-32-21-5-7-30-22(25(21)33-26)15-4-3-6-28-11-15;1-2/h4-8,11-16H,1-3,9-10,17H2,(H,34,35)(H,36,37);3-14,31H,1-2H3,(H,32,33)(H,34,35);1-2H3. The molecular formula is C57H52F2N16. The van der Waals surface area contributed by atoms with Crippen LogP contribution in [0.1, 0.15) is 52.5 Å². The van der Waals surface area contributed by atoms with Crippen molar-refractivity contribution < 1.29 is 8.78 Å². The van der Waals surface area contributed by atoms with Crippen molar-refractivity contribution in [1.82, 2.24) is 75.1 Å². The first-order chi connectivity index (χ1) is 36.8. The van der Waals surface area contributed by atoms with Gasteiger partial charge in [-0.15, -0.1) is 0 Å². The highest BCUT2D eigenvalue weighted by Gasteiger charge is 2.21. The van der Waals surface area contributed by atoms with Gasteiger partial charge in [-0.2, -0.15) is 10.2 Å². The van der Waals surface area contributed by atoms with Crippen molar-refractivity contribution in [1.29, 1.82) is 0 Å². The molecule has 374 valence electrons. The van der Waals surface area contributed by atoms with E-state index in [2.05, 4.69) is 90.4 Å². The highest BCUT2D eigenvalue weighted by Crippen LogP contribution is 2.36. The number of rotatable bonds is 10. The largest absolute Gasteiger partial charge is 0.382 e. The van der Waals surface area contributed by atoms with E-state index >= 15 is 8.78 Å². The van der Waals surface area contributed by atoms with Crippen LogP contribution in [-0.2, 0) is 6.54 Å². The Hall–Kier alpha value is -9.16. The molecule has 10 aromatic heterocycles. The molecule has 1 aliphatic rings. The Balaban J connectivity index is 0.000000156. The maximum atomic E-state index is 15.3. The van der Waals surface area contributed by atoms with E-state index in [4.69, 9.17) is 9.97 Å². The Morgan fingerprint density at radius 1 is 0.547 bits per heavy atom. The van der Waals surface area contributed by atoms with Crippen molar-refractivity contribution in [2.45, 2.75) is 59.5 Å². The molecule has 0 aliphatic carbocycles. The number of hydrogen-bond donors (Lipinski definition) is 5.